The first-order chi connectivity index (χ1) is 21.4. The lowest BCUT2D eigenvalue weighted by Gasteiger charge is -2.26. The van der Waals surface area contributed by atoms with Gasteiger partial charge in [-0.1, -0.05) is 5.21 Å². The summed E-state index contributed by atoms with van der Waals surface area (Å²) in [6, 6.07) is 0. The number of alkyl halides is 2. The van der Waals surface area contributed by atoms with Crippen LogP contribution in [-0.2, 0) is 39.4 Å². The van der Waals surface area contributed by atoms with Gasteiger partial charge in [0.15, 0.2) is 53.2 Å². The van der Waals surface area contributed by atoms with Crippen molar-refractivity contribution >= 4 is 55.1 Å². The number of halogens is 2. The molecule has 4 aromatic heterocycles. The Morgan fingerprint density at radius 1 is 1.11 bits per heavy atom. The molecule has 21 nitrogen and oxygen atoms in total. The summed E-state index contributed by atoms with van der Waals surface area (Å²) in [5, 5.41) is 17.0. The Morgan fingerprint density at radius 3 is 2.60 bits per heavy atom. The molecule has 45 heavy (non-hydrogen) atoms. The number of aliphatic hydroxyl groups is 1. The molecule has 10 unspecified atom stereocenters. The number of hydrogen-bond acceptors (Lipinski definition) is 16. The standard InChI is InChI=1S/C19H20F2N10O11P2S/c20-7-5(1-32)39-18(30-4-25-9-14(30)26-19(22)27-16(9)34)12(7)42-44(37,45)38-2-6-11(41-43(35)36)8(21)17(40-6)31-13-10(28-29-31)15(33)24-3-23-13/h3-8,11-12,17-18,32H,1-2H2,(H5-,22,23,24,26,27,29,33,34,35,36,37,45)/p+1. The zero-order valence-corrected chi connectivity index (χ0v) is 24.7. The van der Waals surface area contributed by atoms with Gasteiger partial charge in [-0.05, 0) is 11.8 Å². The first-order valence-electron chi connectivity index (χ1n) is 12.6. The topological polar surface area (TPSA) is 290 Å². The minimum Gasteiger partial charge on any atom is -0.394 e. The van der Waals surface area contributed by atoms with Crippen LogP contribution < -0.4 is 16.9 Å². The van der Waals surface area contributed by atoms with Gasteiger partial charge in [-0.25, -0.2) is 18.7 Å². The highest BCUT2D eigenvalue weighted by Crippen LogP contribution is 2.51. The second kappa shape index (κ2) is 12.1. The van der Waals surface area contributed by atoms with Crippen molar-refractivity contribution in [2.75, 3.05) is 18.9 Å². The van der Waals surface area contributed by atoms with Crippen LogP contribution in [0.2, 0.25) is 0 Å². The van der Waals surface area contributed by atoms with E-state index in [1.54, 1.807) is 0 Å². The molecule has 6 rings (SSSR count). The molecule has 4 aromatic rings. The van der Waals surface area contributed by atoms with E-state index in [-0.39, 0.29) is 28.3 Å². The highest BCUT2D eigenvalue weighted by Gasteiger charge is 2.54. The second-order valence-corrected chi connectivity index (χ2v) is 13.0. The smallest absolute Gasteiger partial charge is 0.394 e. The van der Waals surface area contributed by atoms with Gasteiger partial charge in [0.1, 0.15) is 18.3 Å². The number of H-pyrrole nitrogens is 2. The molecule has 10 atom stereocenters. The van der Waals surface area contributed by atoms with E-state index in [1.807, 2.05) is 0 Å². The van der Waals surface area contributed by atoms with Gasteiger partial charge in [0.25, 0.3) is 11.1 Å². The molecule has 2 aliphatic rings. The zero-order chi connectivity index (χ0) is 32.2. The average molecular weight is 697 g/mol. The molecule has 0 aliphatic carbocycles. The van der Waals surface area contributed by atoms with Gasteiger partial charge in [-0.3, -0.25) is 23.7 Å². The Morgan fingerprint density at radius 2 is 1.87 bits per heavy atom. The Bertz CT molecular complexity index is 1930. The monoisotopic (exact) mass is 697 g/mol. The Kier molecular flexibility index (Phi) is 8.56. The molecule has 6 heterocycles. The number of aliphatic hydroxyl groups excluding tert-OH is 1. The Labute approximate surface area is 252 Å². The molecular weight excluding hydrogens is 676 g/mol. The van der Waals surface area contributed by atoms with E-state index in [0.29, 0.717) is 0 Å². The normalized spacial score (nSPS) is 30.3. The van der Waals surface area contributed by atoms with Crippen LogP contribution in [0.5, 0.6) is 0 Å². The molecule has 2 fully saturated rings. The van der Waals surface area contributed by atoms with Crippen LogP contribution in [0, 0.1) is 0 Å². The van der Waals surface area contributed by atoms with Gasteiger partial charge < -0.3 is 34.7 Å². The van der Waals surface area contributed by atoms with Gasteiger partial charge in [-0.15, -0.1) is 14.5 Å². The number of nitrogens with zero attached hydrogens (tertiary/aromatic N) is 7. The third-order valence-corrected chi connectivity index (χ3v) is 8.80. The first-order valence-corrected chi connectivity index (χ1v) is 16.3. The number of anilines is 1. The molecule has 0 radical (unpaired) electrons. The third-order valence-electron chi connectivity index (χ3n) is 6.81. The summed E-state index contributed by atoms with van der Waals surface area (Å²) in [4.78, 5) is 60.7. The lowest BCUT2D eigenvalue weighted by atomic mass is 10.1. The molecule has 7 N–H and O–H groups in total. The average Bonchev–Trinajstić information content (AvgIpc) is 3.73. The second-order valence-electron chi connectivity index (χ2n) is 9.56. The van der Waals surface area contributed by atoms with E-state index in [0.717, 1.165) is 21.9 Å². The molecule has 0 aromatic carbocycles. The number of fused-ring (bicyclic) bond motifs is 2. The SMILES string of the molecule is Nc1nc2c(ncn2C2OC(CO)C(F)C2OP(O)(=S)OCC2OC(n3nnc4c(=O)[nH]cnc43)C(F)C2O[P+](=O)O)c(=O)[nH]1. The third kappa shape index (κ3) is 5.90. The summed E-state index contributed by atoms with van der Waals surface area (Å²) in [5.74, 6) is -0.292. The number of aromatic nitrogens is 9. The molecule has 0 bridgehead atoms. The van der Waals surface area contributed by atoms with E-state index in [1.165, 1.54) is 0 Å². The summed E-state index contributed by atoms with van der Waals surface area (Å²) in [6.07, 6.45) is -12.0. The number of imidazole rings is 1. The summed E-state index contributed by atoms with van der Waals surface area (Å²) >= 11 is 5.05. The van der Waals surface area contributed by atoms with Gasteiger partial charge >= 0.3 is 15.0 Å². The van der Waals surface area contributed by atoms with Crippen LogP contribution in [0.1, 0.15) is 12.5 Å². The summed E-state index contributed by atoms with van der Waals surface area (Å²) in [5.41, 5.74) is 3.48. The van der Waals surface area contributed by atoms with E-state index < -0.39 is 88.5 Å². The van der Waals surface area contributed by atoms with Crippen molar-refractivity contribution in [3.05, 3.63) is 33.4 Å². The maximum Gasteiger partial charge on any atom is 0.695 e. The molecule has 26 heteroatoms. The molecule has 242 valence electrons. The largest absolute Gasteiger partial charge is 0.695 e. The van der Waals surface area contributed by atoms with Crippen LogP contribution in [-0.4, -0.2) is 109 Å². The number of nitrogens with two attached hydrogens (primary N) is 1. The minimum absolute atomic E-state index is 0.137. The predicted molar refractivity (Wildman–Crippen MR) is 145 cm³/mol. The van der Waals surface area contributed by atoms with Gasteiger partial charge in [0.2, 0.25) is 5.95 Å². The van der Waals surface area contributed by atoms with Crippen molar-refractivity contribution in [2.45, 2.75) is 49.2 Å². The van der Waals surface area contributed by atoms with E-state index in [9.17, 15) is 29.0 Å². The van der Waals surface area contributed by atoms with Gasteiger partial charge in [-0.2, -0.15) is 9.67 Å². The van der Waals surface area contributed by atoms with Crippen molar-refractivity contribution in [3.63, 3.8) is 0 Å². The highest BCUT2D eigenvalue weighted by molar-refractivity contribution is 8.07. The van der Waals surface area contributed by atoms with Crippen molar-refractivity contribution in [2.24, 2.45) is 0 Å². The fourth-order valence-electron chi connectivity index (χ4n) is 4.86. The summed E-state index contributed by atoms with van der Waals surface area (Å²) < 4.78 is 71.0. The Balaban J connectivity index is 1.23. The van der Waals surface area contributed by atoms with Crippen LogP contribution in [0.25, 0.3) is 22.3 Å². The van der Waals surface area contributed by atoms with Crippen LogP contribution in [0.4, 0.5) is 14.7 Å². The number of hydrogen-bond donors (Lipinski definition) is 6. The minimum atomic E-state index is -4.49. The van der Waals surface area contributed by atoms with Crippen molar-refractivity contribution in [1.82, 2.24) is 44.5 Å². The molecule has 0 saturated carbocycles. The lowest BCUT2D eigenvalue weighted by Crippen LogP contribution is -2.34. The molecule has 0 amide bonds. The fourth-order valence-corrected chi connectivity index (χ4v) is 6.73. The van der Waals surface area contributed by atoms with Crippen LogP contribution >= 0.6 is 15.0 Å². The fraction of sp³-hybridized carbons (Fsp3) is 0.526. The molecule has 2 saturated heterocycles. The van der Waals surface area contributed by atoms with Crippen LogP contribution in [0.3, 0.4) is 0 Å². The molecule has 0 spiro atoms. The van der Waals surface area contributed by atoms with Gasteiger partial charge in [0.05, 0.1) is 25.9 Å². The number of nitrogen functional groups attached to an aromatic ring is 1. The number of rotatable bonds is 10. The summed E-state index contributed by atoms with van der Waals surface area (Å²) in [6.45, 7) is -6.13. The first kappa shape index (κ1) is 31.7. The van der Waals surface area contributed by atoms with E-state index >= 15 is 8.78 Å². The van der Waals surface area contributed by atoms with Crippen LogP contribution in [0.15, 0.2) is 22.2 Å². The Hall–Kier alpha value is -3.28. The number of ether oxygens (including phenoxy) is 2. The quantitative estimate of drug-likeness (QED) is 0.101. The van der Waals surface area contributed by atoms with Crippen molar-refractivity contribution in [3.8, 4) is 0 Å². The van der Waals surface area contributed by atoms with Crippen molar-refractivity contribution in [1.29, 1.82) is 0 Å². The zero-order valence-electron chi connectivity index (χ0n) is 22.1. The van der Waals surface area contributed by atoms with E-state index in [4.69, 9.17) is 40.6 Å². The van der Waals surface area contributed by atoms with E-state index in [2.05, 4.69) is 35.2 Å². The predicted octanol–water partition coefficient (Wildman–Crippen LogP) is -1.65. The lowest BCUT2D eigenvalue weighted by molar-refractivity contribution is -0.0565. The number of nitrogens with one attached hydrogen (secondary N) is 2. The molecular formula is C19H21F2N10O11P2S+. The summed E-state index contributed by atoms with van der Waals surface area (Å²) in [7, 11) is -3.38. The maximum absolute atomic E-state index is 15.5. The van der Waals surface area contributed by atoms with Gasteiger partial charge in [0, 0.05) is 4.57 Å². The maximum atomic E-state index is 15.5. The van der Waals surface area contributed by atoms with Crippen molar-refractivity contribution < 1.29 is 51.3 Å². The number of aromatic amines is 2. The molecule has 2 aliphatic heterocycles. The highest BCUT2D eigenvalue weighted by atomic mass is 32.5.